The van der Waals surface area contributed by atoms with E-state index in [2.05, 4.69) is 0 Å². The third-order valence-electron chi connectivity index (χ3n) is 2.73. The summed E-state index contributed by atoms with van der Waals surface area (Å²) < 4.78 is 5.29. The van der Waals surface area contributed by atoms with Gasteiger partial charge in [-0.3, -0.25) is 4.79 Å². The van der Waals surface area contributed by atoms with Gasteiger partial charge in [0.05, 0.1) is 5.92 Å². The molecule has 0 aromatic heterocycles. The van der Waals surface area contributed by atoms with Crippen LogP contribution in [0.5, 0.6) is 5.75 Å². The molecule has 0 bridgehead atoms. The average Bonchev–Trinajstić information content (AvgIpc) is 2.34. The number of benzene rings is 1. The van der Waals surface area contributed by atoms with E-state index >= 15 is 0 Å². The molecule has 88 valence electrons. The molecule has 1 saturated carbocycles. The lowest BCUT2D eigenvalue weighted by Gasteiger charge is -2.21. The van der Waals surface area contributed by atoms with E-state index in [1.807, 2.05) is 18.2 Å². The van der Waals surface area contributed by atoms with Crippen molar-refractivity contribution in [2.24, 2.45) is 5.92 Å². The Morgan fingerprint density at radius 2 is 1.94 bits per heavy atom. The number of carbonyl (C=O) groups is 1. The Kier molecular flexibility index (Phi) is 3.97. The molecule has 1 unspecified atom stereocenters. The molecule has 1 fully saturated rings. The highest BCUT2D eigenvalue weighted by Crippen LogP contribution is 2.23. The number of ether oxygens (including phenoxy) is 1. The molecule has 2 rings (SSSR count). The first-order valence-corrected chi connectivity index (χ1v) is 6.34. The van der Waals surface area contributed by atoms with Gasteiger partial charge in [-0.05, 0) is 31.4 Å². The van der Waals surface area contributed by atoms with Gasteiger partial charge in [-0.2, -0.15) is 0 Å². The molecule has 1 aliphatic carbocycles. The third kappa shape index (κ3) is 2.96. The van der Waals surface area contributed by atoms with Crippen LogP contribution in [0.2, 0.25) is 0 Å². The number of hydrogen-bond donors (Lipinski definition) is 0. The lowest BCUT2D eigenvalue weighted by Crippen LogP contribution is -2.34. The smallest absolute Gasteiger partial charge is 0.319 e. The van der Waals surface area contributed by atoms with Crippen LogP contribution in [0.25, 0.3) is 0 Å². The van der Waals surface area contributed by atoms with Gasteiger partial charge in [0.25, 0.3) is 0 Å². The maximum absolute atomic E-state index is 12.0. The van der Waals surface area contributed by atoms with E-state index in [1.165, 1.54) is 0 Å². The quantitative estimate of drug-likeness (QED) is 0.466. The Bertz CT molecular complexity index is 454. The Hall–Kier alpha value is -1.13. The Morgan fingerprint density at radius 1 is 1.24 bits per heavy atom. The number of carbonyl (C=O) groups excluding carboxylic acids is 1. The van der Waals surface area contributed by atoms with Gasteiger partial charge < -0.3 is 4.74 Å². The SMILES string of the molecule is O=C(Oc1ccccc1)C1CCCC(=S)C1=S. The molecule has 1 aromatic rings. The normalized spacial score (nSPS) is 20.1. The zero-order valence-electron chi connectivity index (χ0n) is 9.22. The van der Waals surface area contributed by atoms with Crippen LogP contribution in [-0.2, 0) is 4.79 Å². The number of para-hydroxylation sites is 1. The summed E-state index contributed by atoms with van der Waals surface area (Å²) in [5.74, 6) is -0.0773. The Labute approximate surface area is 111 Å². The van der Waals surface area contributed by atoms with Crippen LogP contribution in [0.1, 0.15) is 19.3 Å². The highest BCUT2D eigenvalue weighted by atomic mass is 32.1. The highest BCUT2D eigenvalue weighted by Gasteiger charge is 2.30. The Balaban J connectivity index is 2.05. The number of esters is 1. The molecule has 1 aliphatic rings. The zero-order valence-corrected chi connectivity index (χ0v) is 10.9. The van der Waals surface area contributed by atoms with Crippen molar-refractivity contribution in [1.29, 1.82) is 0 Å². The first kappa shape index (κ1) is 12.3. The van der Waals surface area contributed by atoms with Crippen LogP contribution in [0, 0.1) is 5.92 Å². The van der Waals surface area contributed by atoms with Crippen molar-refractivity contribution in [2.75, 3.05) is 0 Å². The van der Waals surface area contributed by atoms with Crippen molar-refractivity contribution in [3.63, 3.8) is 0 Å². The summed E-state index contributed by atoms with van der Waals surface area (Å²) in [6, 6.07) is 9.03. The van der Waals surface area contributed by atoms with Crippen LogP contribution in [0.15, 0.2) is 30.3 Å². The predicted molar refractivity (Wildman–Crippen MR) is 74.6 cm³/mol. The van der Waals surface area contributed by atoms with Gasteiger partial charge in [0, 0.05) is 9.73 Å². The first-order valence-electron chi connectivity index (χ1n) is 5.52. The molecule has 1 atom stereocenters. The minimum Gasteiger partial charge on any atom is -0.426 e. The van der Waals surface area contributed by atoms with Crippen LogP contribution in [0.3, 0.4) is 0 Å². The number of thiocarbonyl (C=S) groups is 2. The van der Waals surface area contributed by atoms with E-state index in [0.29, 0.717) is 10.6 Å². The molecule has 0 aliphatic heterocycles. The summed E-state index contributed by atoms with van der Waals surface area (Å²) in [4.78, 5) is 13.3. The van der Waals surface area contributed by atoms with Crippen molar-refractivity contribution in [2.45, 2.75) is 19.3 Å². The summed E-state index contributed by atoms with van der Waals surface area (Å²) in [6.07, 6.45) is 2.47. The van der Waals surface area contributed by atoms with Crippen LogP contribution in [0.4, 0.5) is 0 Å². The lowest BCUT2D eigenvalue weighted by atomic mass is 9.89. The van der Waals surface area contributed by atoms with E-state index < -0.39 is 0 Å². The van der Waals surface area contributed by atoms with Gasteiger partial charge in [0.15, 0.2) is 0 Å². The van der Waals surface area contributed by atoms with Gasteiger partial charge in [0.1, 0.15) is 5.75 Å². The average molecular weight is 264 g/mol. The topological polar surface area (TPSA) is 26.3 Å². The van der Waals surface area contributed by atoms with Crippen molar-refractivity contribution in [1.82, 2.24) is 0 Å². The fourth-order valence-electron chi connectivity index (χ4n) is 1.82. The minimum atomic E-state index is -0.341. The van der Waals surface area contributed by atoms with E-state index in [1.54, 1.807) is 12.1 Å². The van der Waals surface area contributed by atoms with E-state index in [9.17, 15) is 4.79 Å². The summed E-state index contributed by atoms with van der Waals surface area (Å²) >= 11 is 10.3. The van der Waals surface area contributed by atoms with Gasteiger partial charge in [-0.1, -0.05) is 42.6 Å². The highest BCUT2D eigenvalue weighted by molar-refractivity contribution is 7.89. The van der Waals surface area contributed by atoms with E-state index in [0.717, 1.165) is 24.1 Å². The van der Waals surface area contributed by atoms with E-state index in [-0.39, 0.29) is 11.9 Å². The second kappa shape index (κ2) is 5.47. The standard InChI is InChI=1S/C13H12O2S2/c14-13(15-9-5-2-1-3-6-9)10-7-4-8-11(16)12(10)17/h1-3,5-6,10H,4,7-8H2. The molecular weight excluding hydrogens is 252 g/mol. The predicted octanol–water partition coefficient (Wildman–Crippen LogP) is 3.13. The molecule has 0 N–H and O–H groups in total. The third-order valence-corrected chi connectivity index (χ3v) is 3.82. The largest absolute Gasteiger partial charge is 0.426 e. The van der Waals surface area contributed by atoms with Gasteiger partial charge in [0.2, 0.25) is 0 Å². The van der Waals surface area contributed by atoms with Crippen molar-refractivity contribution in [3.8, 4) is 5.75 Å². The molecular formula is C13H12O2S2. The fraction of sp³-hybridized carbons (Fsp3) is 0.308. The lowest BCUT2D eigenvalue weighted by molar-refractivity contribution is -0.136. The second-order valence-electron chi connectivity index (χ2n) is 3.97. The molecule has 0 radical (unpaired) electrons. The molecule has 0 spiro atoms. The first-order chi connectivity index (χ1) is 8.18. The van der Waals surface area contributed by atoms with Crippen LogP contribution < -0.4 is 4.74 Å². The fourth-order valence-corrected chi connectivity index (χ4v) is 2.42. The molecule has 0 saturated heterocycles. The van der Waals surface area contributed by atoms with Gasteiger partial charge in [-0.25, -0.2) is 0 Å². The maximum atomic E-state index is 12.0. The van der Waals surface area contributed by atoms with Crippen molar-refractivity contribution >= 4 is 40.1 Å². The van der Waals surface area contributed by atoms with Crippen molar-refractivity contribution in [3.05, 3.63) is 30.3 Å². The maximum Gasteiger partial charge on any atom is 0.319 e. The van der Waals surface area contributed by atoms with Crippen LogP contribution in [-0.4, -0.2) is 15.7 Å². The summed E-state index contributed by atoms with van der Waals surface area (Å²) in [5.41, 5.74) is 0. The molecule has 17 heavy (non-hydrogen) atoms. The monoisotopic (exact) mass is 264 g/mol. The van der Waals surface area contributed by atoms with Crippen LogP contribution >= 0.6 is 24.4 Å². The molecule has 0 amide bonds. The summed E-state index contributed by atoms with van der Waals surface area (Å²) in [6.45, 7) is 0. The second-order valence-corrected chi connectivity index (χ2v) is 4.90. The molecule has 1 aromatic carbocycles. The zero-order chi connectivity index (χ0) is 12.3. The van der Waals surface area contributed by atoms with Gasteiger partial charge in [-0.15, -0.1) is 0 Å². The van der Waals surface area contributed by atoms with Crippen molar-refractivity contribution < 1.29 is 9.53 Å². The molecule has 0 heterocycles. The Morgan fingerprint density at radius 3 is 2.65 bits per heavy atom. The number of rotatable bonds is 2. The summed E-state index contributed by atoms with van der Waals surface area (Å²) in [5, 5.41) is 0. The van der Waals surface area contributed by atoms with Gasteiger partial charge >= 0.3 is 5.97 Å². The minimum absolute atomic E-state index is 0.289. The van der Waals surface area contributed by atoms with E-state index in [4.69, 9.17) is 29.2 Å². The molecule has 4 heteroatoms. The summed E-state index contributed by atoms with van der Waals surface area (Å²) in [7, 11) is 0. The number of hydrogen-bond acceptors (Lipinski definition) is 4. The molecule has 2 nitrogen and oxygen atoms in total.